The molecule has 0 amide bonds. The minimum Gasteiger partial charge on any atom is -0.282 e. The maximum Gasteiger partial charge on any atom is 0.211 e. The number of hydrogen-bond donors (Lipinski definition) is 0. The number of benzene rings is 2. The van der Waals surface area contributed by atoms with E-state index in [2.05, 4.69) is 13.2 Å². The Balaban J connectivity index is 1.92. The molecule has 0 spiro atoms. The molecule has 0 atom stereocenters. The minimum absolute atomic E-state index is 0.0480. The van der Waals surface area contributed by atoms with Crippen molar-refractivity contribution in [2.75, 3.05) is 23.0 Å². The molecule has 0 saturated carbocycles. The highest BCUT2D eigenvalue weighted by molar-refractivity contribution is 8.15. The molecule has 0 radical (unpaired) electrons. The lowest BCUT2D eigenvalue weighted by molar-refractivity contribution is -0.107. The van der Waals surface area contributed by atoms with Gasteiger partial charge in [0.05, 0.1) is 9.79 Å². The van der Waals surface area contributed by atoms with Crippen molar-refractivity contribution in [3.8, 4) is 0 Å². The summed E-state index contributed by atoms with van der Waals surface area (Å²) in [6.07, 6.45) is 2.59. The van der Waals surface area contributed by atoms with Crippen LogP contribution < -0.4 is 0 Å². The first-order valence-electron chi connectivity index (χ1n) is 9.16. The van der Waals surface area contributed by atoms with Gasteiger partial charge in [-0.25, -0.2) is 8.42 Å². The van der Waals surface area contributed by atoms with E-state index >= 15 is 0 Å². The Morgan fingerprint density at radius 3 is 1.35 bits per heavy atom. The van der Waals surface area contributed by atoms with E-state index in [9.17, 15) is 18.0 Å². The zero-order valence-corrected chi connectivity index (χ0v) is 20.8. The van der Waals surface area contributed by atoms with Gasteiger partial charge in [0, 0.05) is 32.8 Å². The van der Waals surface area contributed by atoms with Gasteiger partial charge in [0.15, 0.2) is 0 Å². The molecule has 2 aromatic rings. The third-order valence-corrected chi connectivity index (χ3v) is 9.84. The highest BCUT2D eigenvalue weighted by Crippen LogP contribution is 2.27. The fourth-order valence-corrected chi connectivity index (χ4v) is 6.65. The molecule has 0 aliphatic heterocycles. The number of thioether (sulfide) groups is 4. The molecule has 0 aromatic heterocycles. The minimum atomic E-state index is -3.59. The van der Waals surface area contributed by atoms with Gasteiger partial charge in [-0.05, 0) is 60.7 Å². The summed E-state index contributed by atoms with van der Waals surface area (Å²) in [6.45, 7) is 6.87. The van der Waals surface area contributed by atoms with Gasteiger partial charge in [-0.2, -0.15) is 0 Å². The lowest BCUT2D eigenvalue weighted by atomic mass is 10.4. The largest absolute Gasteiger partial charge is 0.282 e. The van der Waals surface area contributed by atoms with E-state index in [1.54, 1.807) is 72.1 Å². The zero-order valence-electron chi connectivity index (χ0n) is 16.7. The van der Waals surface area contributed by atoms with Gasteiger partial charge in [-0.1, -0.05) is 36.7 Å². The van der Waals surface area contributed by atoms with Crippen LogP contribution in [0, 0.1) is 0 Å². The Morgan fingerprint density at radius 1 is 0.677 bits per heavy atom. The molecule has 0 N–H and O–H groups in total. The summed E-state index contributed by atoms with van der Waals surface area (Å²) in [5.41, 5.74) is 0. The molecule has 0 heterocycles. The number of carbonyl (C=O) groups excluding carboxylic acids is 2. The van der Waals surface area contributed by atoms with Gasteiger partial charge in [0.25, 0.3) is 0 Å². The molecular formula is C22H22O4S5. The summed E-state index contributed by atoms with van der Waals surface area (Å²) in [6, 6.07) is 13.6. The maximum atomic E-state index is 12.9. The van der Waals surface area contributed by atoms with Gasteiger partial charge in [0.1, 0.15) is 0 Å². The molecule has 0 fully saturated rings. The Morgan fingerprint density at radius 2 is 1.03 bits per heavy atom. The van der Waals surface area contributed by atoms with Gasteiger partial charge < -0.3 is 0 Å². The van der Waals surface area contributed by atoms with E-state index < -0.39 is 9.84 Å². The Hall–Kier alpha value is -1.39. The zero-order chi connectivity index (χ0) is 22.7. The molecule has 0 bridgehead atoms. The van der Waals surface area contributed by atoms with E-state index in [4.69, 9.17) is 0 Å². The summed E-state index contributed by atoms with van der Waals surface area (Å²) in [4.78, 5) is 24.8. The lowest BCUT2D eigenvalue weighted by Gasteiger charge is -2.07. The van der Waals surface area contributed by atoms with E-state index in [0.717, 1.165) is 21.3 Å². The van der Waals surface area contributed by atoms with Crippen molar-refractivity contribution in [1.82, 2.24) is 0 Å². The molecule has 164 valence electrons. The molecule has 0 aliphatic carbocycles. The molecule has 0 aliphatic rings. The monoisotopic (exact) mass is 510 g/mol. The van der Waals surface area contributed by atoms with Crippen LogP contribution in [0.5, 0.6) is 0 Å². The highest BCUT2D eigenvalue weighted by atomic mass is 32.2. The maximum absolute atomic E-state index is 12.9. The molecule has 4 nitrogen and oxygen atoms in total. The van der Waals surface area contributed by atoms with E-state index in [1.165, 1.54) is 35.7 Å². The molecule has 2 rings (SSSR count). The second-order valence-electron chi connectivity index (χ2n) is 5.89. The Labute approximate surface area is 200 Å². The first kappa shape index (κ1) is 25.9. The van der Waals surface area contributed by atoms with Crippen molar-refractivity contribution in [2.24, 2.45) is 0 Å². The number of rotatable bonds is 12. The Bertz CT molecular complexity index is 935. The third-order valence-electron chi connectivity index (χ3n) is 3.79. The molecular weight excluding hydrogens is 489 g/mol. The van der Waals surface area contributed by atoms with Gasteiger partial charge >= 0.3 is 0 Å². The number of sulfone groups is 1. The van der Waals surface area contributed by atoms with Crippen LogP contribution in [0.25, 0.3) is 0 Å². The van der Waals surface area contributed by atoms with Crippen molar-refractivity contribution in [3.05, 3.63) is 73.8 Å². The van der Waals surface area contributed by atoms with Crippen LogP contribution in [-0.4, -0.2) is 41.7 Å². The topological polar surface area (TPSA) is 68.3 Å². The van der Waals surface area contributed by atoms with Crippen molar-refractivity contribution in [3.63, 3.8) is 0 Å². The van der Waals surface area contributed by atoms with Crippen molar-refractivity contribution in [2.45, 2.75) is 19.6 Å². The van der Waals surface area contributed by atoms with Gasteiger partial charge in [0.2, 0.25) is 20.1 Å². The standard InChI is InChI=1S/C22H22O4S5/c1-3-21(23)29-15-13-27-17-5-9-19(10-6-17)31(25,26)20-11-7-18(8-12-20)28-14-16-30-22(24)4-2/h3-12H,1-2,13-16H2. The van der Waals surface area contributed by atoms with E-state index in [0.29, 0.717) is 11.5 Å². The SMILES string of the molecule is C=CC(=O)SCCSc1ccc(S(=O)(=O)c2ccc(SCCSC(=O)C=C)cc2)cc1. The summed E-state index contributed by atoms with van der Waals surface area (Å²) in [5, 5.41) is -0.0960. The first-order chi connectivity index (χ1) is 14.9. The molecule has 9 heteroatoms. The van der Waals surface area contributed by atoms with Crippen molar-refractivity contribution < 1.29 is 18.0 Å². The van der Waals surface area contributed by atoms with Gasteiger partial charge in [-0.3, -0.25) is 9.59 Å². The fraction of sp³-hybridized carbons (Fsp3) is 0.182. The highest BCUT2D eigenvalue weighted by Gasteiger charge is 2.17. The van der Waals surface area contributed by atoms with Crippen LogP contribution in [0.15, 0.2) is 93.4 Å². The normalized spacial score (nSPS) is 11.1. The number of carbonyl (C=O) groups is 2. The van der Waals surface area contributed by atoms with Crippen LogP contribution >= 0.6 is 47.0 Å². The summed E-state index contributed by atoms with van der Waals surface area (Å²) < 4.78 is 25.8. The second-order valence-corrected chi connectivity index (χ2v) is 12.4. The summed E-state index contributed by atoms with van der Waals surface area (Å²) >= 11 is 5.57. The predicted octanol–water partition coefficient (Wildman–Crippen LogP) is 5.60. The van der Waals surface area contributed by atoms with Gasteiger partial charge in [-0.15, -0.1) is 23.5 Å². The molecule has 31 heavy (non-hydrogen) atoms. The van der Waals surface area contributed by atoms with E-state index in [-0.39, 0.29) is 20.0 Å². The quantitative estimate of drug-likeness (QED) is 0.208. The van der Waals surface area contributed by atoms with Crippen molar-refractivity contribution >= 4 is 67.1 Å². The predicted molar refractivity (Wildman–Crippen MR) is 135 cm³/mol. The fourth-order valence-electron chi connectivity index (χ4n) is 2.29. The third kappa shape index (κ3) is 8.57. The lowest BCUT2D eigenvalue weighted by Crippen LogP contribution is -2.01. The smallest absolute Gasteiger partial charge is 0.211 e. The summed E-state index contributed by atoms with van der Waals surface area (Å²) in [7, 11) is -3.59. The molecule has 0 saturated heterocycles. The Kier molecular flexibility index (Phi) is 11.0. The average molecular weight is 511 g/mol. The van der Waals surface area contributed by atoms with Crippen LogP contribution in [0.2, 0.25) is 0 Å². The van der Waals surface area contributed by atoms with Crippen LogP contribution in [0.3, 0.4) is 0 Å². The summed E-state index contributed by atoms with van der Waals surface area (Å²) in [5.74, 6) is 2.83. The van der Waals surface area contributed by atoms with Crippen LogP contribution in [0.4, 0.5) is 0 Å². The van der Waals surface area contributed by atoms with Crippen LogP contribution in [-0.2, 0) is 19.4 Å². The molecule has 2 aromatic carbocycles. The van der Waals surface area contributed by atoms with Crippen LogP contribution in [0.1, 0.15) is 0 Å². The molecule has 0 unspecified atom stereocenters. The van der Waals surface area contributed by atoms with E-state index in [1.807, 2.05) is 0 Å². The number of hydrogen-bond acceptors (Lipinski definition) is 8. The van der Waals surface area contributed by atoms with Crippen molar-refractivity contribution in [1.29, 1.82) is 0 Å². The first-order valence-corrected chi connectivity index (χ1v) is 14.6. The average Bonchev–Trinajstić information content (AvgIpc) is 2.79. The second kappa shape index (κ2) is 13.2.